The number of rotatable bonds is 2. The Morgan fingerprint density at radius 2 is 1.94 bits per heavy atom. The molecule has 2 aromatic carbocycles. The van der Waals surface area contributed by atoms with Crippen LogP contribution < -0.4 is 11.1 Å². The first kappa shape index (κ1) is 11.9. The van der Waals surface area contributed by atoms with Crippen LogP contribution in [0, 0.1) is 12.7 Å². The molecule has 2 aromatic rings. The number of hydrogen-bond acceptors (Lipinski definition) is 2. The third kappa shape index (κ3) is 2.97. The molecule has 0 atom stereocenters. The predicted octanol–water partition coefficient (Wildman–Crippen LogP) is 4.22. The summed E-state index contributed by atoms with van der Waals surface area (Å²) in [6.07, 6.45) is 0. The van der Waals surface area contributed by atoms with Crippen molar-refractivity contribution in [2.45, 2.75) is 6.92 Å². The largest absolute Gasteiger partial charge is 0.397 e. The second kappa shape index (κ2) is 4.75. The number of hydrogen-bond donors (Lipinski definition) is 2. The van der Waals surface area contributed by atoms with Crippen molar-refractivity contribution in [3.8, 4) is 0 Å². The molecule has 17 heavy (non-hydrogen) atoms. The average molecular weight is 295 g/mol. The van der Waals surface area contributed by atoms with Gasteiger partial charge in [0.15, 0.2) is 0 Å². The monoisotopic (exact) mass is 294 g/mol. The number of anilines is 3. The molecule has 0 saturated carbocycles. The number of halogens is 2. The molecule has 0 saturated heterocycles. The number of nitrogens with one attached hydrogen (secondary N) is 1. The van der Waals surface area contributed by atoms with Crippen molar-refractivity contribution in [2.75, 3.05) is 11.1 Å². The van der Waals surface area contributed by atoms with E-state index < -0.39 is 0 Å². The van der Waals surface area contributed by atoms with E-state index in [9.17, 15) is 4.39 Å². The molecule has 88 valence electrons. The Morgan fingerprint density at radius 1 is 1.18 bits per heavy atom. The van der Waals surface area contributed by atoms with E-state index in [0.717, 1.165) is 15.7 Å². The van der Waals surface area contributed by atoms with E-state index in [1.54, 1.807) is 6.07 Å². The first-order valence-electron chi connectivity index (χ1n) is 5.14. The van der Waals surface area contributed by atoms with Crippen molar-refractivity contribution in [3.05, 3.63) is 52.3 Å². The Hall–Kier alpha value is -1.55. The topological polar surface area (TPSA) is 38.0 Å². The molecule has 0 heterocycles. The summed E-state index contributed by atoms with van der Waals surface area (Å²) in [5.41, 5.74) is 8.79. The summed E-state index contributed by atoms with van der Waals surface area (Å²) in [4.78, 5) is 0. The highest BCUT2D eigenvalue weighted by Gasteiger charge is 2.02. The van der Waals surface area contributed by atoms with Crippen LogP contribution in [0.25, 0.3) is 0 Å². The van der Waals surface area contributed by atoms with Crippen molar-refractivity contribution < 1.29 is 4.39 Å². The highest BCUT2D eigenvalue weighted by Crippen LogP contribution is 2.27. The molecule has 0 radical (unpaired) electrons. The average Bonchev–Trinajstić information content (AvgIpc) is 2.21. The molecule has 0 amide bonds. The number of nitrogens with two attached hydrogens (primary N) is 1. The first-order valence-corrected chi connectivity index (χ1v) is 5.93. The predicted molar refractivity (Wildman–Crippen MR) is 73.0 cm³/mol. The van der Waals surface area contributed by atoms with Gasteiger partial charge in [-0.3, -0.25) is 0 Å². The third-order valence-electron chi connectivity index (χ3n) is 2.33. The van der Waals surface area contributed by atoms with E-state index in [0.29, 0.717) is 11.4 Å². The lowest BCUT2D eigenvalue weighted by Crippen LogP contribution is -1.97. The van der Waals surface area contributed by atoms with E-state index in [1.807, 2.05) is 25.1 Å². The van der Waals surface area contributed by atoms with Gasteiger partial charge >= 0.3 is 0 Å². The van der Waals surface area contributed by atoms with Crippen LogP contribution >= 0.6 is 15.9 Å². The Kier molecular flexibility index (Phi) is 3.33. The van der Waals surface area contributed by atoms with Crippen molar-refractivity contribution in [1.82, 2.24) is 0 Å². The molecule has 0 unspecified atom stereocenters. The fourth-order valence-corrected chi connectivity index (χ4v) is 1.99. The third-order valence-corrected chi connectivity index (χ3v) is 2.83. The molecule has 0 aliphatic rings. The van der Waals surface area contributed by atoms with Crippen molar-refractivity contribution in [1.29, 1.82) is 0 Å². The van der Waals surface area contributed by atoms with Gasteiger partial charge < -0.3 is 11.1 Å². The van der Waals surface area contributed by atoms with Crippen LogP contribution in [0.1, 0.15) is 5.56 Å². The van der Waals surface area contributed by atoms with Crippen LogP contribution in [0.3, 0.4) is 0 Å². The fraction of sp³-hybridized carbons (Fsp3) is 0.0769. The van der Waals surface area contributed by atoms with Crippen molar-refractivity contribution >= 4 is 33.0 Å². The number of benzene rings is 2. The van der Waals surface area contributed by atoms with Gasteiger partial charge in [-0.2, -0.15) is 0 Å². The Labute approximate surface area is 108 Å². The molecule has 0 bridgehead atoms. The Balaban J connectivity index is 2.31. The second-order valence-electron chi connectivity index (χ2n) is 3.87. The van der Waals surface area contributed by atoms with E-state index in [2.05, 4.69) is 21.2 Å². The lowest BCUT2D eigenvalue weighted by molar-refractivity contribution is 0.627. The van der Waals surface area contributed by atoms with Gasteiger partial charge in [-0.1, -0.05) is 15.9 Å². The Bertz CT molecular complexity index is 535. The van der Waals surface area contributed by atoms with E-state index in [4.69, 9.17) is 5.73 Å². The minimum Gasteiger partial charge on any atom is -0.397 e. The van der Waals surface area contributed by atoms with Crippen LogP contribution in [-0.4, -0.2) is 0 Å². The maximum absolute atomic E-state index is 13.2. The summed E-state index contributed by atoms with van der Waals surface area (Å²) < 4.78 is 14.1. The zero-order valence-electron chi connectivity index (χ0n) is 9.30. The minimum absolute atomic E-state index is 0.261. The van der Waals surface area contributed by atoms with Crippen LogP contribution in [0.5, 0.6) is 0 Å². The lowest BCUT2D eigenvalue weighted by atomic mass is 10.2. The van der Waals surface area contributed by atoms with Gasteiger partial charge in [0.2, 0.25) is 0 Å². The summed E-state index contributed by atoms with van der Waals surface area (Å²) in [6.45, 7) is 1.85. The van der Waals surface area contributed by atoms with Gasteiger partial charge in [-0.05, 0) is 48.9 Å². The second-order valence-corrected chi connectivity index (χ2v) is 4.79. The quantitative estimate of drug-likeness (QED) is 0.814. The summed E-state index contributed by atoms with van der Waals surface area (Å²) in [5.74, 6) is -0.261. The standard InChI is InChI=1S/C13H12BrFN2/c1-8-4-10(15)7-11(5-8)17-13-3-2-9(14)6-12(13)16/h2-7,17H,16H2,1H3. The normalized spacial score (nSPS) is 10.3. The summed E-state index contributed by atoms with van der Waals surface area (Å²) >= 11 is 3.34. The molecule has 3 N–H and O–H groups in total. The molecule has 0 aliphatic carbocycles. The number of nitrogen functional groups attached to an aromatic ring is 1. The Morgan fingerprint density at radius 3 is 2.59 bits per heavy atom. The van der Waals surface area contributed by atoms with E-state index in [1.165, 1.54) is 12.1 Å². The van der Waals surface area contributed by atoms with Gasteiger partial charge in [-0.15, -0.1) is 0 Å². The highest BCUT2D eigenvalue weighted by atomic mass is 79.9. The zero-order chi connectivity index (χ0) is 12.4. The SMILES string of the molecule is Cc1cc(F)cc(Nc2ccc(Br)cc2N)c1. The highest BCUT2D eigenvalue weighted by molar-refractivity contribution is 9.10. The molecular formula is C13H12BrFN2. The molecule has 0 fully saturated rings. The molecule has 2 rings (SSSR count). The molecule has 2 nitrogen and oxygen atoms in total. The summed E-state index contributed by atoms with van der Waals surface area (Å²) in [5, 5.41) is 3.10. The molecule has 0 aromatic heterocycles. The van der Waals surface area contributed by atoms with Crippen LogP contribution in [0.2, 0.25) is 0 Å². The van der Waals surface area contributed by atoms with E-state index >= 15 is 0 Å². The van der Waals surface area contributed by atoms with Crippen LogP contribution in [-0.2, 0) is 0 Å². The maximum Gasteiger partial charge on any atom is 0.125 e. The van der Waals surface area contributed by atoms with Crippen LogP contribution in [0.15, 0.2) is 40.9 Å². The molecule has 0 aliphatic heterocycles. The van der Waals surface area contributed by atoms with Gasteiger partial charge in [-0.25, -0.2) is 4.39 Å². The van der Waals surface area contributed by atoms with Gasteiger partial charge in [0.25, 0.3) is 0 Å². The number of aryl methyl sites for hydroxylation is 1. The lowest BCUT2D eigenvalue weighted by Gasteiger charge is -2.10. The molecule has 0 spiro atoms. The summed E-state index contributed by atoms with van der Waals surface area (Å²) in [6, 6.07) is 10.3. The van der Waals surface area contributed by atoms with Gasteiger partial charge in [0.05, 0.1) is 11.4 Å². The molecule has 4 heteroatoms. The van der Waals surface area contributed by atoms with Gasteiger partial charge in [0.1, 0.15) is 5.82 Å². The maximum atomic E-state index is 13.2. The van der Waals surface area contributed by atoms with Crippen molar-refractivity contribution in [2.24, 2.45) is 0 Å². The zero-order valence-corrected chi connectivity index (χ0v) is 10.9. The molecular weight excluding hydrogens is 283 g/mol. The smallest absolute Gasteiger partial charge is 0.125 e. The first-order chi connectivity index (χ1) is 8.04. The van der Waals surface area contributed by atoms with Crippen molar-refractivity contribution in [3.63, 3.8) is 0 Å². The summed E-state index contributed by atoms with van der Waals surface area (Å²) in [7, 11) is 0. The van der Waals surface area contributed by atoms with Crippen LogP contribution in [0.4, 0.5) is 21.5 Å². The minimum atomic E-state index is -0.261. The van der Waals surface area contributed by atoms with E-state index in [-0.39, 0.29) is 5.82 Å². The fourth-order valence-electron chi connectivity index (χ4n) is 1.61. The van der Waals surface area contributed by atoms with Gasteiger partial charge in [0, 0.05) is 10.2 Å².